The van der Waals surface area contributed by atoms with Crippen LogP contribution >= 0.6 is 23.2 Å². The molecular weight excluding hydrogens is 268 g/mol. The van der Waals surface area contributed by atoms with Gasteiger partial charge in [0.05, 0.1) is 5.56 Å². The second-order valence-electron chi connectivity index (χ2n) is 2.74. The lowest BCUT2D eigenvalue weighted by atomic mass is 10.2. The Kier molecular flexibility index (Phi) is 3.98. The average Bonchev–Trinajstić information content (AvgIpc) is 2.15. The lowest BCUT2D eigenvalue weighted by Gasteiger charge is -2.09. The van der Waals surface area contributed by atoms with Crippen LogP contribution in [0, 0.1) is 0 Å². The second kappa shape index (κ2) is 4.88. The Morgan fingerprint density at radius 1 is 1.44 bits per heavy atom. The highest BCUT2D eigenvalue weighted by Crippen LogP contribution is 2.31. The summed E-state index contributed by atoms with van der Waals surface area (Å²) in [7, 11) is 0. The average molecular weight is 273 g/mol. The first-order chi connectivity index (χ1) is 7.32. The molecule has 0 aromatic carbocycles. The number of aromatic nitrogens is 1. The molecule has 0 aliphatic carbocycles. The van der Waals surface area contributed by atoms with Crippen molar-refractivity contribution in [1.82, 2.24) is 4.98 Å². The molecular formula is C8H5Cl2F3N2O. The third-order valence-electron chi connectivity index (χ3n) is 1.51. The molecule has 1 aromatic heterocycles. The first-order valence-electron chi connectivity index (χ1n) is 3.93. The summed E-state index contributed by atoms with van der Waals surface area (Å²) in [5.74, 6) is -1.33. The van der Waals surface area contributed by atoms with Gasteiger partial charge in [0.25, 0.3) is 0 Å². The fourth-order valence-corrected chi connectivity index (χ4v) is 1.18. The van der Waals surface area contributed by atoms with E-state index in [0.29, 0.717) is 12.1 Å². The van der Waals surface area contributed by atoms with Crippen LogP contribution in [0.1, 0.15) is 5.56 Å². The molecule has 3 nitrogen and oxygen atoms in total. The molecule has 1 heterocycles. The molecule has 0 saturated carbocycles. The van der Waals surface area contributed by atoms with Gasteiger partial charge < -0.3 is 5.32 Å². The second-order valence-corrected chi connectivity index (χ2v) is 3.40. The largest absolute Gasteiger partial charge is 0.416 e. The predicted molar refractivity (Wildman–Crippen MR) is 53.6 cm³/mol. The number of anilines is 1. The van der Waals surface area contributed by atoms with Crippen LogP contribution in [0.4, 0.5) is 19.0 Å². The van der Waals surface area contributed by atoms with Gasteiger partial charge in [0.1, 0.15) is 16.9 Å². The Hall–Kier alpha value is -1.01. The molecule has 0 bridgehead atoms. The first kappa shape index (κ1) is 13.1. The molecule has 1 rings (SSSR count). The fourth-order valence-electron chi connectivity index (χ4n) is 0.901. The van der Waals surface area contributed by atoms with E-state index in [9.17, 15) is 18.0 Å². The standard InChI is InChI=1S/C8H5Cl2F3N2O/c9-3-7(16)15-6-2-4(8(11,12)13)1-5(10)14-6/h1-2H,3H2,(H,14,15,16). The molecule has 0 fully saturated rings. The summed E-state index contributed by atoms with van der Waals surface area (Å²) in [4.78, 5) is 14.4. The van der Waals surface area contributed by atoms with Crippen LogP contribution in [0.15, 0.2) is 12.1 Å². The Labute approximate surface area is 98.6 Å². The predicted octanol–water partition coefficient (Wildman–Crippen LogP) is 2.93. The van der Waals surface area contributed by atoms with Crippen LogP contribution in [-0.2, 0) is 11.0 Å². The molecule has 16 heavy (non-hydrogen) atoms. The molecule has 8 heteroatoms. The first-order valence-corrected chi connectivity index (χ1v) is 4.85. The van der Waals surface area contributed by atoms with E-state index in [0.717, 1.165) is 0 Å². The highest BCUT2D eigenvalue weighted by Gasteiger charge is 2.31. The molecule has 0 atom stereocenters. The van der Waals surface area contributed by atoms with Crippen molar-refractivity contribution in [3.8, 4) is 0 Å². The van der Waals surface area contributed by atoms with Crippen LogP contribution in [0.3, 0.4) is 0 Å². The normalized spacial score (nSPS) is 11.3. The van der Waals surface area contributed by atoms with Crippen LogP contribution in [0.2, 0.25) is 5.15 Å². The van der Waals surface area contributed by atoms with E-state index in [1.807, 2.05) is 0 Å². The van der Waals surface area contributed by atoms with E-state index in [-0.39, 0.29) is 16.9 Å². The highest BCUT2D eigenvalue weighted by molar-refractivity contribution is 6.30. The van der Waals surface area contributed by atoms with E-state index in [2.05, 4.69) is 10.3 Å². The molecule has 0 unspecified atom stereocenters. The van der Waals surface area contributed by atoms with Gasteiger partial charge in [-0.25, -0.2) is 4.98 Å². The fraction of sp³-hybridized carbons (Fsp3) is 0.250. The maximum absolute atomic E-state index is 12.3. The van der Waals surface area contributed by atoms with Gasteiger partial charge in [-0.15, -0.1) is 11.6 Å². The zero-order valence-electron chi connectivity index (χ0n) is 7.61. The highest BCUT2D eigenvalue weighted by atomic mass is 35.5. The summed E-state index contributed by atoms with van der Waals surface area (Å²) in [5, 5.41) is 1.72. The van der Waals surface area contributed by atoms with E-state index in [1.54, 1.807) is 0 Å². The summed E-state index contributed by atoms with van der Waals surface area (Å²) in [6.45, 7) is 0. The maximum Gasteiger partial charge on any atom is 0.416 e. The minimum absolute atomic E-state index is 0.287. The number of pyridine rings is 1. The van der Waals surface area contributed by atoms with Crippen molar-refractivity contribution >= 4 is 34.9 Å². The molecule has 1 N–H and O–H groups in total. The number of nitrogens with one attached hydrogen (secondary N) is 1. The Bertz CT molecular complexity index is 409. The van der Waals surface area contributed by atoms with Crippen LogP contribution in [-0.4, -0.2) is 16.8 Å². The van der Waals surface area contributed by atoms with Crippen molar-refractivity contribution in [1.29, 1.82) is 0 Å². The summed E-state index contributed by atoms with van der Waals surface area (Å²) in [6, 6.07) is 1.34. The van der Waals surface area contributed by atoms with Gasteiger partial charge in [-0.2, -0.15) is 13.2 Å². The van der Waals surface area contributed by atoms with E-state index < -0.39 is 17.6 Å². The van der Waals surface area contributed by atoms with Gasteiger partial charge >= 0.3 is 6.18 Å². The van der Waals surface area contributed by atoms with Gasteiger partial charge in [-0.05, 0) is 12.1 Å². The number of hydrogen-bond acceptors (Lipinski definition) is 2. The van der Waals surface area contributed by atoms with Gasteiger partial charge in [-0.1, -0.05) is 11.6 Å². The summed E-state index contributed by atoms with van der Waals surface area (Å²) in [6.07, 6.45) is -4.55. The number of alkyl halides is 4. The summed E-state index contributed by atoms with van der Waals surface area (Å²) < 4.78 is 37.0. The van der Waals surface area contributed by atoms with Crippen molar-refractivity contribution in [3.05, 3.63) is 22.8 Å². The van der Waals surface area contributed by atoms with Crippen LogP contribution in [0.25, 0.3) is 0 Å². The molecule has 0 saturated heterocycles. The summed E-state index contributed by atoms with van der Waals surface area (Å²) >= 11 is 10.6. The minimum Gasteiger partial charge on any atom is -0.310 e. The van der Waals surface area contributed by atoms with Crippen molar-refractivity contribution < 1.29 is 18.0 Å². The number of halogens is 5. The molecule has 88 valence electrons. The summed E-state index contributed by atoms with van der Waals surface area (Å²) in [5.41, 5.74) is -0.989. The maximum atomic E-state index is 12.3. The number of hydrogen-bond donors (Lipinski definition) is 1. The number of nitrogens with zero attached hydrogens (tertiary/aromatic N) is 1. The van der Waals surface area contributed by atoms with E-state index >= 15 is 0 Å². The molecule has 0 aliphatic rings. The molecule has 1 aromatic rings. The third kappa shape index (κ3) is 3.53. The van der Waals surface area contributed by atoms with Gasteiger partial charge in [0.15, 0.2) is 0 Å². The van der Waals surface area contributed by atoms with E-state index in [1.165, 1.54) is 0 Å². The van der Waals surface area contributed by atoms with Crippen molar-refractivity contribution in [2.45, 2.75) is 6.18 Å². The lowest BCUT2D eigenvalue weighted by Crippen LogP contribution is -2.15. The van der Waals surface area contributed by atoms with Crippen LogP contribution < -0.4 is 5.32 Å². The van der Waals surface area contributed by atoms with Gasteiger partial charge in [0, 0.05) is 0 Å². The Balaban J connectivity index is 3.04. The van der Waals surface area contributed by atoms with Crippen molar-refractivity contribution in [2.75, 3.05) is 11.2 Å². The quantitative estimate of drug-likeness (QED) is 0.665. The molecule has 0 aliphatic heterocycles. The lowest BCUT2D eigenvalue weighted by molar-refractivity contribution is -0.137. The molecule has 0 spiro atoms. The molecule has 1 amide bonds. The number of amides is 1. The van der Waals surface area contributed by atoms with Gasteiger partial charge in [0.2, 0.25) is 5.91 Å². The zero-order valence-corrected chi connectivity index (χ0v) is 9.12. The smallest absolute Gasteiger partial charge is 0.310 e. The Morgan fingerprint density at radius 2 is 2.06 bits per heavy atom. The van der Waals surface area contributed by atoms with Crippen molar-refractivity contribution in [2.24, 2.45) is 0 Å². The SMILES string of the molecule is O=C(CCl)Nc1cc(C(F)(F)F)cc(Cl)n1. The van der Waals surface area contributed by atoms with E-state index in [4.69, 9.17) is 23.2 Å². The van der Waals surface area contributed by atoms with Crippen LogP contribution in [0.5, 0.6) is 0 Å². The van der Waals surface area contributed by atoms with Crippen molar-refractivity contribution in [3.63, 3.8) is 0 Å². The molecule has 0 radical (unpaired) electrons. The number of carbonyl (C=O) groups is 1. The third-order valence-corrected chi connectivity index (χ3v) is 1.95. The Morgan fingerprint density at radius 3 is 2.56 bits per heavy atom. The zero-order chi connectivity index (χ0) is 12.3. The number of carbonyl (C=O) groups excluding carboxylic acids is 1. The van der Waals surface area contributed by atoms with Gasteiger partial charge in [-0.3, -0.25) is 4.79 Å². The monoisotopic (exact) mass is 272 g/mol. The number of rotatable bonds is 2. The minimum atomic E-state index is -4.55. The topological polar surface area (TPSA) is 42.0 Å².